The van der Waals surface area contributed by atoms with Gasteiger partial charge in [-0.3, -0.25) is 0 Å². The minimum Gasteiger partial charge on any atom is -0.419 e. The predicted molar refractivity (Wildman–Crippen MR) is 90.0 cm³/mol. The van der Waals surface area contributed by atoms with Crippen molar-refractivity contribution in [2.24, 2.45) is 0 Å². The highest BCUT2D eigenvalue weighted by atomic mass is 79.9. The van der Waals surface area contributed by atoms with Crippen LogP contribution in [0.1, 0.15) is 10.8 Å². The number of benzene rings is 1. The summed E-state index contributed by atoms with van der Waals surface area (Å²) in [6.07, 6.45) is 0. The van der Waals surface area contributed by atoms with Crippen LogP contribution in [-0.2, 0) is 13.1 Å². The molecular formula is C14H11Br2N3OS. The number of aromatic nitrogens is 2. The van der Waals surface area contributed by atoms with Crippen LogP contribution in [0.2, 0.25) is 0 Å². The van der Waals surface area contributed by atoms with Crippen molar-refractivity contribution in [2.75, 3.05) is 0 Å². The first-order valence-electron chi connectivity index (χ1n) is 6.24. The SMILES string of the molecule is Brc1ccc(CNCc2nnc(-c3ccccc3Br)o2)s1. The quantitative estimate of drug-likeness (QED) is 0.644. The maximum Gasteiger partial charge on any atom is 0.248 e. The fraction of sp³-hybridized carbons (Fsp3) is 0.143. The molecule has 0 aliphatic carbocycles. The molecule has 108 valence electrons. The lowest BCUT2D eigenvalue weighted by molar-refractivity contribution is 0.478. The summed E-state index contributed by atoms with van der Waals surface area (Å²) in [6, 6.07) is 11.9. The lowest BCUT2D eigenvalue weighted by atomic mass is 10.2. The van der Waals surface area contributed by atoms with Crippen molar-refractivity contribution in [3.05, 3.63) is 55.4 Å². The summed E-state index contributed by atoms with van der Waals surface area (Å²) < 4.78 is 7.75. The summed E-state index contributed by atoms with van der Waals surface area (Å²) in [5, 5.41) is 11.4. The molecule has 7 heteroatoms. The molecule has 0 aliphatic heterocycles. The molecule has 0 atom stereocenters. The zero-order valence-electron chi connectivity index (χ0n) is 10.8. The van der Waals surface area contributed by atoms with E-state index in [0.29, 0.717) is 18.3 Å². The fourth-order valence-corrected chi connectivity index (χ4v) is 3.72. The molecule has 0 amide bonds. The highest BCUT2D eigenvalue weighted by Crippen LogP contribution is 2.26. The largest absolute Gasteiger partial charge is 0.419 e. The van der Waals surface area contributed by atoms with Crippen molar-refractivity contribution >= 4 is 43.2 Å². The van der Waals surface area contributed by atoms with E-state index in [4.69, 9.17) is 4.42 Å². The molecule has 4 nitrogen and oxygen atoms in total. The van der Waals surface area contributed by atoms with Crippen molar-refractivity contribution < 1.29 is 4.42 Å². The average molecular weight is 429 g/mol. The van der Waals surface area contributed by atoms with Crippen LogP contribution in [-0.4, -0.2) is 10.2 Å². The molecule has 0 saturated heterocycles. The number of rotatable bonds is 5. The van der Waals surface area contributed by atoms with E-state index in [0.717, 1.165) is 20.4 Å². The predicted octanol–water partition coefficient (Wildman–Crippen LogP) is 4.61. The Morgan fingerprint density at radius 2 is 1.90 bits per heavy atom. The van der Waals surface area contributed by atoms with Gasteiger partial charge in [0.1, 0.15) is 0 Å². The molecule has 0 bridgehead atoms. The first-order chi connectivity index (χ1) is 10.2. The summed E-state index contributed by atoms with van der Waals surface area (Å²) >= 11 is 8.64. The summed E-state index contributed by atoms with van der Waals surface area (Å²) in [5.41, 5.74) is 0.901. The highest BCUT2D eigenvalue weighted by molar-refractivity contribution is 9.11. The Morgan fingerprint density at radius 3 is 2.67 bits per heavy atom. The standard InChI is InChI=1S/C14H11Br2N3OS/c15-11-4-2-1-3-10(11)14-19-18-13(20-14)8-17-7-9-5-6-12(16)21-9/h1-6,17H,7-8H2. The fourth-order valence-electron chi connectivity index (χ4n) is 1.81. The molecule has 3 aromatic rings. The topological polar surface area (TPSA) is 51.0 Å². The molecule has 0 unspecified atom stereocenters. The van der Waals surface area contributed by atoms with E-state index >= 15 is 0 Å². The molecule has 3 rings (SSSR count). The number of nitrogens with one attached hydrogen (secondary N) is 1. The van der Waals surface area contributed by atoms with E-state index in [1.165, 1.54) is 4.88 Å². The second kappa shape index (κ2) is 6.83. The van der Waals surface area contributed by atoms with Gasteiger partial charge in [-0.25, -0.2) is 0 Å². The monoisotopic (exact) mass is 427 g/mol. The third kappa shape index (κ3) is 3.79. The molecule has 0 spiro atoms. The Labute approximate surface area is 142 Å². The van der Waals surface area contributed by atoms with Crippen molar-refractivity contribution in [3.8, 4) is 11.5 Å². The van der Waals surface area contributed by atoms with Crippen molar-refractivity contribution in [3.63, 3.8) is 0 Å². The zero-order chi connectivity index (χ0) is 14.7. The average Bonchev–Trinajstić information content (AvgIpc) is 3.09. The van der Waals surface area contributed by atoms with Crippen LogP contribution in [0.4, 0.5) is 0 Å². The van der Waals surface area contributed by atoms with E-state index in [1.807, 2.05) is 30.3 Å². The second-order valence-electron chi connectivity index (χ2n) is 4.29. The van der Waals surface area contributed by atoms with Crippen LogP contribution in [0.25, 0.3) is 11.5 Å². The minimum absolute atomic E-state index is 0.526. The summed E-state index contributed by atoms with van der Waals surface area (Å²) in [5.74, 6) is 1.11. The van der Waals surface area contributed by atoms with Gasteiger partial charge in [0.2, 0.25) is 11.8 Å². The van der Waals surface area contributed by atoms with Gasteiger partial charge in [-0.05, 0) is 56.1 Å². The number of halogens is 2. The van der Waals surface area contributed by atoms with E-state index in [9.17, 15) is 0 Å². The zero-order valence-corrected chi connectivity index (χ0v) is 14.8. The smallest absolute Gasteiger partial charge is 0.248 e. The van der Waals surface area contributed by atoms with Crippen LogP contribution >= 0.6 is 43.2 Å². The van der Waals surface area contributed by atoms with E-state index in [-0.39, 0.29) is 0 Å². The maximum absolute atomic E-state index is 5.67. The Kier molecular flexibility index (Phi) is 4.84. The van der Waals surface area contributed by atoms with Gasteiger partial charge in [-0.15, -0.1) is 21.5 Å². The number of nitrogens with zero attached hydrogens (tertiary/aromatic N) is 2. The Bertz CT molecular complexity index is 741. The first-order valence-corrected chi connectivity index (χ1v) is 8.65. The Hall–Kier alpha value is -1.02. The number of hydrogen-bond donors (Lipinski definition) is 1. The Balaban J connectivity index is 1.62. The molecule has 0 fully saturated rings. The van der Waals surface area contributed by atoms with Gasteiger partial charge in [-0.2, -0.15) is 0 Å². The summed E-state index contributed by atoms with van der Waals surface area (Å²) in [4.78, 5) is 1.26. The lowest BCUT2D eigenvalue weighted by Crippen LogP contribution is -2.11. The van der Waals surface area contributed by atoms with Crippen LogP contribution < -0.4 is 5.32 Å². The summed E-state index contributed by atoms with van der Waals surface area (Å²) in [6.45, 7) is 1.33. The number of thiophene rings is 1. The maximum atomic E-state index is 5.67. The first kappa shape index (κ1) is 14.9. The molecule has 0 radical (unpaired) electrons. The second-order valence-corrected chi connectivity index (χ2v) is 7.69. The van der Waals surface area contributed by atoms with E-state index in [1.54, 1.807) is 11.3 Å². The van der Waals surface area contributed by atoms with Crippen molar-refractivity contribution in [2.45, 2.75) is 13.1 Å². The van der Waals surface area contributed by atoms with Gasteiger partial charge in [0.25, 0.3) is 0 Å². The van der Waals surface area contributed by atoms with Crippen molar-refractivity contribution in [1.82, 2.24) is 15.5 Å². The van der Waals surface area contributed by atoms with E-state index < -0.39 is 0 Å². The molecule has 1 aromatic carbocycles. The summed E-state index contributed by atoms with van der Waals surface area (Å²) in [7, 11) is 0. The Morgan fingerprint density at radius 1 is 1.05 bits per heavy atom. The molecule has 21 heavy (non-hydrogen) atoms. The van der Waals surface area contributed by atoms with Crippen LogP contribution in [0.5, 0.6) is 0 Å². The van der Waals surface area contributed by atoms with Gasteiger partial charge >= 0.3 is 0 Å². The van der Waals surface area contributed by atoms with E-state index in [2.05, 4.69) is 53.4 Å². The number of hydrogen-bond acceptors (Lipinski definition) is 5. The van der Waals surface area contributed by atoms with Gasteiger partial charge in [0.05, 0.1) is 15.9 Å². The lowest BCUT2D eigenvalue weighted by Gasteiger charge is -1.99. The highest BCUT2D eigenvalue weighted by Gasteiger charge is 2.10. The molecule has 0 aliphatic rings. The van der Waals surface area contributed by atoms with Gasteiger partial charge in [0, 0.05) is 15.9 Å². The molecular weight excluding hydrogens is 418 g/mol. The third-order valence-electron chi connectivity index (χ3n) is 2.78. The van der Waals surface area contributed by atoms with Gasteiger partial charge in [0.15, 0.2) is 0 Å². The minimum atomic E-state index is 0.526. The molecule has 0 saturated carbocycles. The molecule has 2 aromatic heterocycles. The third-order valence-corrected chi connectivity index (χ3v) is 5.09. The molecule has 2 heterocycles. The normalized spacial score (nSPS) is 11.0. The van der Waals surface area contributed by atoms with Crippen molar-refractivity contribution in [1.29, 1.82) is 0 Å². The van der Waals surface area contributed by atoms with Gasteiger partial charge in [-0.1, -0.05) is 12.1 Å². The van der Waals surface area contributed by atoms with Gasteiger partial charge < -0.3 is 9.73 Å². The van der Waals surface area contributed by atoms with Crippen LogP contribution in [0.15, 0.2) is 49.1 Å². The van der Waals surface area contributed by atoms with Crippen LogP contribution in [0, 0.1) is 0 Å². The molecule has 1 N–H and O–H groups in total. The van der Waals surface area contributed by atoms with Crippen LogP contribution in [0.3, 0.4) is 0 Å².